The first-order chi connectivity index (χ1) is 15.1. The Bertz CT molecular complexity index is 1280. The van der Waals surface area contributed by atoms with E-state index in [-0.39, 0.29) is 6.17 Å². The predicted octanol–water partition coefficient (Wildman–Crippen LogP) is 4.67. The molecule has 3 aromatic carbocycles. The smallest absolute Gasteiger partial charge is 0.212 e. The number of aromatic nitrogens is 2. The van der Waals surface area contributed by atoms with Crippen LogP contribution < -0.4 is 20.5 Å². The quantitative estimate of drug-likeness (QED) is 0.435. The van der Waals surface area contributed by atoms with Crippen molar-refractivity contribution in [1.82, 2.24) is 9.55 Å². The Kier molecular flexibility index (Phi) is 4.99. The van der Waals surface area contributed by atoms with Crippen LogP contribution in [0.15, 0.2) is 76.2 Å². The average Bonchev–Trinajstić information content (AvgIpc) is 3.16. The van der Waals surface area contributed by atoms with E-state index >= 15 is 0 Å². The highest BCUT2D eigenvalue weighted by Gasteiger charge is 2.25. The molecule has 8 heteroatoms. The summed E-state index contributed by atoms with van der Waals surface area (Å²) in [4.78, 5) is 9.27. The molecule has 0 radical (unpaired) electrons. The van der Waals surface area contributed by atoms with Gasteiger partial charge < -0.3 is 15.2 Å². The van der Waals surface area contributed by atoms with Gasteiger partial charge in [0, 0.05) is 10.0 Å². The van der Waals surface area contributed by atoms with Crippen molar-refractivity contribution in [3.05, 3.63) is 82.3 Å². The molecule has 0 unspecified atom stereocenters. The van der Waals surface area contributed by atoms with E-state index < -0.39 is 0 Å². The van der Waals surface area contributed by atoms with Gasteiger partial charge in [0.1, 0.15) is 6.61 Å². The van der Waals surface area contributed by atoms with E-state index in [2.05, 4.69) is 31.2 Å². The zero-order valence-electron chi connectivity index (χ0n) is 16.7. The van der Waals surface area contributed by atoms with Crippen LogP contribution in [0.2, 0.25) is 0 Å². The molecule has 0 saturated carbocycles. The van der Waals surface area contributed by atoms with E-state index in [0.717, 1.165) is 26.6 Å². The van der Waals surface area contributed by atoms with E-state index in [1.807, 2.05) is 71.3 Å². The van der Waals surface area contributed by atoms with Crippen LogP contribution in [0.1, 0.15) is 17.3 Å². The number of fused-ring (bicyclic) bond motifs is 3. The van der Waals surface area contributed by atoms with Gasteiger partial charge in [-0.25, -0.2) is 9.98 Å². The lowest BCUT2D eigenvalue weighted by atomic mass is 10.1. The van der Waals surface area contributed by atoms with E-state index in [1.54, 1.807) is 7.11 Å². The van der Waals surface area contributed by atoms with E-state index in [4.69, 9.17) is 15.2 Å². The van der Waals surface area contributed by atoms with E-state index in [0.29, 0.717) is 30.0 Å². The zero-order chi connectivity index (χ0) is 21.4. The molecular weight excluding hydrogens is 458 g/mol. The monoisotopic (exact) mass is 477 g/mol. The summed E-state index contributed by atoms with van der Waals surface area (Å²) in [6.07, 6.45) is -0.363. The first kappa shape index (κ1) is 19.4. The minimum atomic E-state index is -0.363. The highest BCUT2D eigenvalue weighted by atomic mass is 79.9. The van der Waals surface area contributed by atoms with Crippen LogP contribution in [-0.4, -0.2) is 22.6 Å². The van der Waals surface area contributed by atoms with Crippen LogP contribution in [0.3, 0.4) is 0 Å². The number of hydrogen-bond acceptors (Lipinski definition) is 6. The summed E-state index contributed by atoms with van der Waals surface area (Å²) < 4.78 is 14.7. The fourth-order valence-corrected chi connectivity index (χ4v) is 3.91. The molecule has 0 fully saturated rings. The van der Waals surface area contributed by atoms with Gasteiger partial charge in [0.25, 0.3) is 0 Å². The van der Waals surface area contributed by atoms with Crippen LogP contribution in [-0.2, 0) is 6.61 Å². The minimum absolute atomic E-state index is 0.322. The van der Waals surface area contributed by atoms with Gasteiger partial charge in [-0.3, -0.25) is 9.88 Å². The van der Waals surface area contributed by atoms with Gasteiger partial charge in [-0.2, -0.15) is 0 Å². The fourth-order valence-electron chi connectivity index (χ4n) is 3.65. The zero-order valence-corrected chi connectivity index (χ0v) is 18.3. The predicted molar refractivity (Wildman–Crippen MR) is 125 cm³/mol. The average molecular weight is 478 g/mol. The van der Waals surface area contributed by atoms with Crippen molar-refractivity contribution < 1.29 is 9.47 Å². The number of aliphatic imine (C=N–C) groups is 1. The Morgan fingerprint density at radius 2 is 1.87 bits per heavy atom. The van der Waals surface area contributed by atoms with Crippen LogP contribution in [0.25, 0.3) is 11.0 Å². The Labute approximate surface area is 187 Å². The lowest BCUT2D eigenvalue weighted by Gasteiger charge is -2.24. The number of para-hydroxylation sites is 2. The molecule has 0 aliphatic carbocycles. The minimum Gasteiger partial charge on any atom is -0.493 e. The largest absolute Gasteiger partial charge is 0.493 e. The molecule has 5 rings (SSSR count). The second-order valence-corrected chi connectivity index (χ2v) is 8.05. The number of nitrogens with zero attached hydrogens (tertiary/aromatic N) is 3. The second-order valence-electron chi connectivity index (χ2n) is 7.13. The maximum Gasteiger partial charge on any atom is 0.212 e. The summed E-state index contributed by atoms with van der Waals surface area (Å²) in [5, 5.41) is 3.05. The molecule has 156 valence electrons. The highest BCUT2D eigenvalue weighted by Crippen LogP contribution is 2.36. The summed E-state index contributed by atoms with van der Waals surface area (Å²) in [6.45, 7) is 0.442. The van der Waals surface area contributed by atoms with Gasteiger partial charge >= 0.3 is 0 Å². The Morgan fingerprint density at radius 1 is 1.06 bits per heavy atom. The van der Waals surface area contributed by atoms with Crippen molar-refractivity contribution in [2.75, 3.05) is 12.4 Å². The highest BCUT2D eigenvalue weighted by molar-refractivity contribution is 9.10. The first-order valence-corrected chi connectivity index (χ1v) is 10.5. The molecule has 0 bridgehead atoms. The van der Waals surface area contributed by atoms with Gasteiger partial charge in [0.15, 0.2) is 23.6 Å². The number of ether oxygens (including phenoxy) is 2. The normalized spacial score (nSPS) is 15.2. The summed E-state index contributed by atoms with van der Waals surface area (Å²) in [7, 11) is 1.63. The topological polar surface area (TPSA) is 86.7 Å². The van der Waals surface area contributed by atoms with Crippen molar-refractivity contribution in [3.63, 3.8) is 0 Å². The molecule has 31 heavy (non-hydrogen) atoms. The maximum absolute atomic E-state index is 6.05. The van der Waals surface area contributed by atoms with E-state index in [9.17, 15) is 0 Å². The Hall–Kier alpha value is -3.52. The van der Waals surface area contributed by atoms with Gasteiger partial charge in [-0.1, -0.05) is 46.3 Å². The number of nitrogens with one attached hydrogen (secondary N) is 1. The van der Waals surface area contributed by atoms with Crippen molar-refractivity contribution in [2.24, 2.45) is 10.7 Å². The molecule has 1 atom stereocenters. The Morgan fingerprint density at radius 3 is 2.68 bits per heavy atom. The molecule has 4 aromatic rings. The number of rotatable bonds is 5. The van der Waals surface area contributed by atoms with Crippen LogP contribution >= 0.6 is 15.9 Å². The first-order valence-electron chi connectivity index (χ1n) is 9.75. The number of anilines is 1. The van der Waals surface area contributed by atoms with Crippen LogP contribution in [0.5, 0.6) is 11.5 Å². The number of guanidine groups is 1. The SMILES string of the molecule is COc1cc([C@H]2N=C(N)Nc3nc4ccccc4n32)ccc1OCc1ccc(Br)cc1. The fraction of sp³-hybridized carbons (Fsp3) is 0.130. The van der Waals surface area contributed by atoms with Crippen LogP contribution in [0, 0.1) is 0 Å². The standard InChI is InChI=1S/C23H20BrN5O2/c1-30-20-12-15(8-11-19(20)31-13-14-6-9-16(24)10-7-14)21-27-22(25)28-23-26-17-4-2-3-5-18(17)29(21)23/h2-12,21H,13H2,1H3,(H3,25,26,27,28)/t21-/m0/s1. The number of imidazole rings is 1. The molecule has 1 aliphatic rings. The number of benzene rings is 3. The third-order valence-corrected chi connectivity index (χ3v) is 5.66. The molecule has 3 N–H and O–H groups in total. The molecule has 2 heterocycles. The van der Waals surface area contributed by atoms with Gasteiger partial charge in [0.05, 0.1) is 18.1 Å². The third-order valence-electron chi connectivity index (χ3n) is 5.14. The Balaban J connectivity index is 1.48. The molecule has 1 aliphatic heterocycles. The number of nitrogens with two attached hydrogens (primary N) is 1. The van der Waals surface area contributed by atoms with Gasteiger partial charge in [-0.15, -0.1) is 0 Å². The molecule has 0 saturated heterocycles. The molecular formula is C23H20BrN5O2. The summed E-state index contributed by atoms with van der Waals surface area (Å²) in [5.74, 6) is 2.28. The van der Waals surface area contributed by atoms with Gasteiger partial charge in [-0.05, 0) is 42.0 Å². The van der Waals surface area contributed by atoms with Crippen molar-refractivity contribution in [1.29, 1.82) is 0 Å². The van der Waals surface area contributed by atoms with Gasteiger partial charge in [0.2, 0.25) is 5.95 Å². The lowest BCUT2D eigenvalue weighted by molar-refractivity contribution is 0.284. The molecule has 1 aromatic heterocycles. The number of methoxy groups -OCH3 is 1. The number of halogens is 1. The van der Waals surface area contributed by atoms with E-state index in [1.165, 1.54) is 0 Å². The summed E-state index contributed by atoms with van der Waals surface area (Å²) >= 11 is 3.45. The summed E-state index contributed by atoms with van der Waals surface area (Å²) in [5.41, 5.74) is 9.89. The molecule has 0 spiro atoms. The molecule has 0 amide bonds. The number of hydrogen-bond donors (Lipinski definition) is 2. The third kappa shape index (κ3) is 3.70. The van der Waals surface area contributed by atoms with Crippen molar-refractivity contribution in [2.45, 2.75) is 12.8 Å². The summed E-state index contributed by atoms with van der Waals surface area (Å²) in [6, 6.07) is 21.8. The van der Waals surface area contributed by atoms with Crippen molar-refractivity contribution >= 4 is 38.9 Å². The maximum atomic E-state index is 6.05. The van der Waals surface area contributed by atoms with Crippen LogP contribution in [0.4, 0.5) is 5.95 Å². The lowest BCUT2D eigenvalue weighted by Crippen LogP contribution is -2.31. The molecule has 7 nitrogen and oxygen atoms in total. The van der Waals surface area contributed by atoms with Crippen molar-refractivity contribution in [3.8, 4) is 11.5 Å². The second kappa shape index (κ2) is 7.96.